The van der Waals surface area contributed by atoms with E-state index in [0.29, 0.717) is 11.3 Å². The minimum atomic E-state index is -0.535. The number of aliphatic hydroxyl groups is 1. The molecular formula is C10H21NOS. The lowest BCUT2D eigenvalue weighted by atomic mass is 10.0. The van der Waals surface area contributed by atoms with E-state index in [1.807, 2.05) is 25.6 Å². The second-order valence-electron chi connectivity index (χ2n) is 4.20. The van der Waals surface area contributed by atoms with Crippen molar-refractivity contribution in [2.24, 2.45) is 0 Å². The van der Waals surface area contributed by atoms with Gasteiger partial charge in [0.2, 0.25) is 0 Å². The van der Waals surface area contributed by atoms with Crippen LogP contribution in [-0.4, -0.2) is 34.3 Å². The summed E-state index contributed by atoms with van der Waals surface area (Å²) < 4.78 is 0. The van der Waals surface area contributed by atoms with Gasteiger partial charge in [-0.1, -0.05) is 13.8 Å². The van der Waals surface area contributed by atoms with Gasteiger partial charge in [-0.2, -0.15) is 11.8 Å². The summed E-state index contributed by atoms with van der Waals surface area (Å²) in [6, 6.07) is 0.600. The Balaban J connectivity index is 2.25. The number of rotatable bonds is 4. The minimum absolute atomic E-state index is 0.535. The van der Waals surface area contributed by atoms with Gasteiger partial charge >= 0.3 is 0 Å². The Kier molecular flexibility index (Phi) is 4.07. The highest BCUT2D eigenvalue weighted by atomic mass is 32.2. The molecule has 0 amide bonds. The van der Waals surface area contributed by atoms with E-state index in [-0.39, 0.29) is 0 Å². The van der Waals surface area contributed by atoms with Gasteiger partial charge in [-0.25, -0.2) is 0 Å². The number of thioether (sulfide) groups is 1. The SMILES string of the molecule is CCC(C)(O)CNC1CCSC1C. The molecule has 1 aliphatic heterocycles. The van der Waals surface area contributed by atoms with Crippen LogP contribution < -0.4 is 5.32 Å². The second-order valence-corrected chi connectivity index (χ2v) is 5.69. The Morgan fingerprint density at radius 3 is 2.77 bits per heavy atom. The van der Waals surface area contributed by atoms with Gasteiger partial charge < -0.3 is 10.4 Å². The van der Waals surface area contributed by atoms with E-state index in [4.69, 9.17) is 0 Å². The van der Waals surface area contributed by atoms with Gasteiger partial charge in [-0.05, 0) is 25.5 Å². The quantitative estimate of drug-likeness (QED) is 0.728. The molecular weight excluding hydrogens is 182 g/mol. The highest BCUT2D eigenvalue weighted by molar-refractivity contribution is 8.00. The lowest BCUT2D eigenvalue weighted by molar-refractivity contribution is 0.0530. The van der Waals surface area contributed by atoms with Gasteiger partial charge in [0.25, 0.3) is 0 Å². The molecule has 1 rings (SSSR count). The highest BCUT2D eigenvalue weighted by Gasteiger charge is 2.26. The molecule has 0 aromatic rings. The normalized spacial score (nSPS) is 33.2. The third kappa shape index (κ3) is 3.49. The van der Waals surface area contributed by atoms with Crippen molar-refractivity contribution in [3.8, 4) is 0 Å². The molecule has 0 saturated carbocycles. The molecule has 2 N–H and O–H groups in total. The molecule has 0 radical (unpaired) electrons. The van der Waals surface area contributed by atoms with Crippen molar-refractivity contribution in [2.45, 2.75) is 50.5 Å². The molecule has 0 bridgehead atoms. The van der Waals surface area contributed by atoms with Crippen LogP contribution in [0.25, 0.3) is 0 Å². The molecule has 3 atom stereocenters. The summed E-state index contributed by atoms with van der Waals surface area (Å²) >= 11 is 2.02. The molecule has 0 aromatic carbocycles. The maximum absolute atomic E-state index is 9.80. The van der Waals surface area contributed by atoms with Crippen LogP contribution in [0.5, 0.6) is 0 Å². The van der Waals surface area contributed by atoms with E-state index in [1.54, 1.807) is 0 Å². The summed E-state index contributed by atoms with van der Waals surface area (Å²) in [5.74, 6) is 1.26. The summed E-state index contributed by atoms with van der Waals surface area (Å²) in [4.78, 5) is 0. The molecule has 1 saturated heterocycles. The molecule has 78 valence electrons. The molecule has 2 nitrogen and oxygen atoms in total. The van der Waals surface area contributed by atoms with Gasteiger partial charge in [0, 0.05) is 17.8 Å². The first-order chi connectivity index (χ1) is 6.05. The summed E-state index contributed by atoms with van der Waals surface area (Å²) in [6.45, 7) is 6.90. The molecule has 0 aliphatic carbocycles. The van der Waals surface area contributed by atoms with Crippen LogP contribution in [0.3, 0.4) is 0 Å². The Morgan fingerprint density at radius 2 is 2.31 bits per heavy atom. The van der Waals surface area contributed by atoms with E-state index in [2.05, 4.69) is 12.2 Å². The van der Waals surface area contributed by atoms with Crippen molar-refractivity contribution in [1.82, 2.24) is 5.32 Å². The Labute approximate surface area is 85.5 Å². The highest BCUT2D eigenvalue weighted by Crippen LogP contribution is 2.26. The van der Waals surface area contributed by atoms with Gasteiger partial charge in [0.1, 0.15) is 0 Å². The van der Waals surface area contributed by atoms with Crippen molar-refractivity contribution < 1.29 is 5.11 Å². The van der Waals surface area contributed by atoms with Crippen molar-refractivity contribution in [3.05, 3.63) is 0 Å². The summed E-state index contributed by atoms with van der Waals surface area (Å²) in [6.07, 6.45) is 2.06. The second kappa shape index (κ2) is 4.67. The van der Waals surface area contributed by atoms with Crippen LogP contribution in [-0.2, 0) is 0 Å². The maximum atomic E-state index is 9.80. The maximum Gasteiger partial charge on any atom is 0.0741 e. The van der Waals surface area contributed by atoms with Crippen LogP contribution in [0.15, 0.2) is 0 Å². The molecule has 1 aliphatic rings. The molecule has 1 fully saturated rings. The zero-order valence-electron chi connectivity index (χ0n) is 8.84. The molecule has 3 heteroatoms. The van der Waals surface area contributed by atoms with Crippen LogP contribution in [0.2, 0.25) is 0 Å². The van der Waals surface area contributed by atoms with Crippen LogP contribution >= 0.6 is 11.8 Å². The summed E-state index contributed by atoms with van der Waals surface area (Å²) in [5.41, 5.74) is -0.535. The first-order valence-corrected chi connectivity index (χ1v) is 6.17. The lowest BCUT2D eigenvalue weighted by Crippen LogP contribution is -2.44. The van der Waals surface area contributed by atoms with E-state index in [9.17, 15) is 5.11 Å². The van der Waals surface area contributed by atoms with Gasteiger partial charge in [-0.15, -0.1) is 0 Å². The number of hydrogen-bond donors (Lipinski definition) is 2. The fourth-order valence-electron chi connectivity index (χ4n) is 1.48. The van der Waals surface area contributed by atoms with E-state index < -0.39 is 5.60 Å². The molecule has 0 aromatic heterocycles. The standard InChI is InChI=1S/C10H21NOS/c1-4-10(3,12)7-11-9-5-6-13-8(9)2/h8-9,11-12H,4-7H2,1-3H3. The van der Waals surface area contributed by atoms with E-state index in [1.165, 1.54) is 12.2 Å². The predicted molar refractivity (Wildman–Crippen MR) is 59.2 cm³/mol. The zero-order valence-corrected chi connectivity index (χ0v) is 9.66. The molecule has 0 spiro atoms. The molecule has 13 heavy (non-hydrogen) atoms. The van der Waals surface area contributed by atoms with Crippen molar-refractivity contribution >= 4 is 11.8 Å². The largest absolute Gasteiger partial charge is 0.389 e. The Bertz CT molecular complexity index is 161. The number of nitrogens with one attached hydrogen (secondary N) is 1. The van der Waals surface area contributed by atoms with Crippen molar-refractivity contribution in [2.75, 3.05) is 12.3 Å². The molecule has 1 heterocycles. The third-order valence-corrected chi connectivity index (χ3v) is 4.21. The lowest BCUT2D eigenvalue weighted by Gasteiger charge is -2.25. The minimum Gasteiger partial charge on any atom is -0.389 e. The van der Waals surface area contributed by atoms with E-state index >= 15 is 0 Å². The van der Waals surface area contributed by atoms with Crippen LogP contribution in [0.4, 0.5) is 0 Å². The predicted octanol–water partition coefficient (Wildman–Crippen LogP) is 1.63. The fourth-order valence-corrected chi connectivity index (χ4v) is 2.70. The monoisotopic (exact) mass is 203 g/mol. The van der Waals surface area contributed by atoms with E-state index in [0.717, 1.165) is 13.0 Å². The fraction of sp³-hybridized carbons (Fsp3) is 1.00. The van der Waals surface area contributed by atoms with Gasteiger partial charge in [0.15, 0.2) is 0 Å². The Morgan fingerprint density at radius 1 is 1.62 bits per heavy atom. The van der Waals surface area contributed by atoms with Crippen LogP contribution in [0, 0.1) is 0 Å². The summed E-state index contributed by atoms with van der Waals surface area (Å²) in [7, 11) is 0. The average molecular weight is 203 g/mol. The topological polar surface area (TPSA) is 32.3 Å². The zero-order chi connectivity index (χ0) is 9.90. The number of hydrogen-bond acceptors (Lipinski definition) is 3. The van der Waals surface area contributed by atoms with Gasteiger partial charge in [0.05, 0.1) is 5.60 Å². The first-order valence-electron chi connectivity index (χ1n) is 5.12. The smallest absolute Gasteiger partial charge is 0.0741 e. The van der Waals surface area contributed by atoms with Gasteiger partial charge in [-0.3, -0.25) is 0 Å². The average Bonchev–Trinajstić information content (AvgIpc) is 2.48. The first kappa shape index (κ1) is 11.3. The summed E-state index contributed by atoms with van der Waals surface area (Å²) in [5, 5.41) is 14.0. The Hall–Kier alpha value is 0.270. The van der Waals surface area contributed by atoms with Crippen LogP contribution in [0.1, 0.15) is 33.6 Å². The third-order valence-electron chi connectivity index (χ3n) is 2.88. The van der Waals surface area contributed by atoms with Crippen molar-refractivity contribution in [1.29, 1.82) is 0 Å². The van der Waals surface area contributed by atoms with Crippen molar-refractivity contribution in [3.63, 3.8) is 0 Å². The molecule has 3 unspecified atom stereocenters.